The molecule has 0 heterocycles. The molecule has 0 radical (unpaired) electrons. The predicted molar refractivity (Wildman–Crippen MR) is 225 cm³/mol. The first-order valence-corrected chi connectivity index (χ1v) is 19.1. The number of hydrogen-bond acceptors (Lipinski definition) is 2. The van der Waals surface area contributed by atoms with E-state index >= 15 is 0 Å². The Kier molecular flexibility index (Phi) is 10.1. The third kappa shape index (κ3) is 7.17. The topological polar surface area (TPSA) is 6.48 Å². The molecule has 264 valence electrons. The van der Waals surface area contributed by atoms with Crippen molar-refractivity contribution < 1.29 is 0 Å². The van der Waals surface area contributed by atoms with Crippen LogP contribution in [0.15, 0.2) is 156 Å². The van der Waals surface area contributed by atoms with Crippen LogP contribution < -0.4 is 9.80 Å². The van der Waals surface area contributed by atoms with Gasteiger partial charge in [0.25, 0.3) is 0 Å². The first-order chi connectivity index (χ1) is 25.1. The molecule has 0 fully saturated rings. The Morgan fingerprint density at radius 1 is 0.635 bits per heavy atom. The van der Waals surface area contributed by atoms with Crippen LogP contribution in [-0.2, 0) is 0 Å². The largest absolute Gasteiger partial charge is 0.357 e. The lowest BCUT2D eigenvalue weighted by atomic mass is 9.84. The lowest BCUT2D eigenvalue weighted by Gasteiger charge is -2.46. The lowest BCUT2D eigenvalue weighted by molar-refractivity contribution is 0.536. The van der Waals surface area contributed by atoms with Crippen LogP contribution in [0.25, 0.3) is 16.7 Å². The Morgan fingerprint density at radius 2 is 1.29 bits per heavy atom. The maximum Gasteiger partial charge on any atom is 0.0609 e. The molecular weight excluding hydrogens is 629 g/mol. The fourth-order valence-electron chi connectivity index (χ4n) is 9.21. The molecule has 0 aromatic heterocycles. The summed E-state index contributed by atoms with van der Waals surface area (Å²) in [4.78, 5) is 5.43. The molecular formula is C50H54N2. The summed E-state index contributed by atoms with van der Waals surface area (Å²) in [7, 11) is 0. The highest BCUT2D eigenvalue weighted by Crippen LogP contribution is 2.42. The minimum Gasteiger partial charge on any atom is -0.357 e. The van der Waals surface area contributed by atoms with Crippen molar-refractivity contribution in [1.29, 1.82) is 0 Å². The Morgan fingerprint density at radius 3 is 1.90 bits per heavy atom. The number of nitrogens with zero attached hydrogens (tertiary/aromatic N) is 2. The molecule has 52 heavy (non-hydrogen) atoms. The molecule has 4 aromatic rings. The van der Waals surface area contributed by atoms with E-state index in [9.17, 15) is 0 Å². The predicted octanol–water partition coefficient (Wildman–Crippen LogP) is 12.8. The zero-order chi connectivity index (χ0) is 36.5. The molecule has 0 bridgehead atoms. The van der Waals surface area contributed by atoms with Gasteiger partial charge in [-0.2, -0.15) is 0 Å². The summed E-state index contributed by atoms with van der Waals surface area (Å²) < 4.78 is 0. The normalized spacial score (nSPS) is 21.4. The molecule has 4 atom stereocenters. The van der Waals surface area contributed by atoms with E-state index < -0.39 is 0 Å². The molecule has 4 unspecified atom stereocenters. The Hall–Kier alpha value is -5.08. The number of allylic oxidation sites excluding steroid dienone is 6. The van der Waals surface area contributed by atoms with Gasteiger partial charge in [-0.1, -0.05) is 139 Å². The molecule has 7 rings (SSSR count). The average Bonchev–Trinajstić information content (AvgIpc) is 3.12. The number of rotatable bonds is 8. The van der Waals surface area contributed by atoms with Crippen LogP contribution in [0.3, 0.4) is 0 Å². The molecule has 0 aliphatic heterocycles. The summed E-state index contributed by atoms with van der Waals surface area (Å²) in [6.07, 6.45) is 18.9. The molecule has 3 aliphatic rings. The van der Waals surface area contributed by atoms with Gasteiger partial charge in [0.2, 0.25) is 0 Å². The second kappa shape index (κ2) is 14.9. The number of aryl methyl sites for hydroxylation is 4. The zero-order valence-corrected chi connectivity index (χ0v) is 32.3. The second-order valence-electron chi connectivity index (χ2n) is 15.5. The summed E-state index contributed by atoms with van der Waals surface area (Å²) in [5, 5.41) is 0. The van der Waals surface area contributed by atoms with Crippen molar-refractivity contribution in [3.8, 4) is 11.1 Å². The van der Waals surface area contributed by atoms with E-state index in [0.717, 1.165) is 12.8 Å². The van der Waals surface area contributed by atoms with Crippen LogP contribution >= 0.6 is 0 Å². The van der Waals surface area contributed by atoms with Gasteiger partial charge in [0, 0.05) is 23.5 Å². The van der Waals surface area contributed by atoms with Crippen LogP contribution in [0.4, 0.5) is 11.4 Å². The van der Waals surface area contributed by atoms with Gasteiger partial charge in [-0.3, -0.25) is 0 Å². The summed E-state index contributed by atoms with van der Waals surface area (Å²) in [5.74, 6) is 0.366. The average molecular weight is 683 g/mol. The quantitative estimate of drug-likeness (QED) is 0.182. The second-order valence-corrected chi connectivity index (χ2v) is 15.5. The van der Waals surface area contributed by atoms with Gasteiger partial charge in [0.1, 0.15) is 0 Å². The van der Waals surface area contributed by atoms with Gasteiger partial charge >= 0.3 is 0 Å². The van der Waals surface area contributed by atoms with Crippen LogP contribution in [0, 0.1) is 33.6 Å². The summed E-state index contributed by atoms with van der Waals surface area (Å²) >= 11 is 0. The van der Waals surface area contributed by atoms with Crippen LogP contribution in [-0.4, -0.2) is 18.1 Å². The fraction of sp³-hybridized carbons (Fsp3) is 0.280. The molecule has 2 heteroatoms. The zero-order valence-electron chi connectivity index (χ0n) is 32.3. The lowest BCUT2D eigenvalue weighted by Crippen LogP contribution is -2.47. The van der Waals surface area contributed by atoms with E-state index in [2.05, 4.69) is 199 Å². The van der Waals surface area contributed by atoms with Gasteiger partial charge in [0.15, 0.2) is 0 Å². The van der Waals surface area contributed by atoms with Crippen LogP contribution in [0.1, 0.15) is 68.4 Å². The molecule has 0 saturated carbocycles. The van der Waals surface area contributed by atoms with E-state index in [1.165, 1.54) is 78.3 Å². The summed E-state index contributed by atoms with van der Waals surface area (Å²) in [5.41, 5.74) is 18.5. The van der Waals surface area contributed by atoms with E-state index in [1.807, 2.05) is 0 Å². The molecule has 2 nitrogen and oxygen atoms in total. The van der Waals surface area contributed by atoms with E-state index in [1.54, 1.807) is 0 Å². The van der Waals surface area contributed by atoms with Crippen molar-refractivity contribution >= 4 is 16.9 Å². The van der Waals surface area contributed by atoms with Gasteiger partial charge in [-0.05, 0) is 124 Å². The monoisotopic (exact) mass is 682 g/mol. The van der Waals surface area contributed by atoms with E-state index in [0.29, 0.717) is 5.92 Å². The van der Waals surface area contributed by atoms with Gasteiger partial charge in [-0.15, -0.1) is 0 Å². The smallest absolute Gasteiger partial charge is 0.0609 e. The minimum atomic E-state index is 0.189. The highest BCUT2D eigenvalue weighted by Gasteiger charge is 2.35. The first kappa shape index (κ1) is 35.3. The van der Waals surface area contributed by atoms with Crippen molar-refractivity contribution in [2.24, 2.45) is 5.92 Å². The van der Waals surface area contributed by atoms with Crippen molar-refractivity contribution in [1.82, 2.24) is 0 Å². The SMILES string of the molecule is CC1=CC(C)C(N(C2=CC(C)=CC(N(c3c(C)cc(C)cc3C)C3C=CC(c4ccccc4)=CC3)C2)c2ccc(-c3ccccc3)c(C)c2)C(C)=C1. The minimum absolute atomic E-state index is 0.189. The van der Waals surface area contributed by atoms with Gasteiger partial charge < -0.3 is 9.80 Å². The third-order valence-corrected chi connectivity index (χ3v) is 11.2. The summed E-state index contributed by atoms with van der Waals surface area (Å²) in [6, 6.07) is 34.1. The third-order valence-electron chi connectivity index (χ3n) is 11.2. The maximum atomic E-state index is 2.74. The molecule has 0 N–H and O–H groups in total. The van der Waals surface area contributed by atoms with E-state index in [-0.39, 0.29) is 18.1 Å². The molecule has 0 amide bonds. The van der Waals surface area contributed by atoms with Crippen LogP contribution in [0.5, 0.6) is 0 Å². The Bertz CT molecular complexity index is 2120. The molecule has 0 spiro atoms. The molecule has 3 aliphatic carbocycles. The number of hydrogen-bond donors (Lipinski definition) is 0. The number of anilines is 2. The van der Waals surface area contributed by atoms with Crippen molar-refractivity contribution in [3.05, 3.63) is 184 Å². The highest BCUT2D eigenvalue weighted by atomic mass is 15.2. The van der Waals surface area contributed by atoms with Crippen LogP contribution in [0.2, 0.25) is 0 Å². The van der Waals surface area contributed by atoms with Gasteiger partial charge in [-0.25, -0.2) is 0 Å². The summed E-state index contributed by atoms with van der Waals surface area (Å²) in [6.45, 7) is 18.3. The van der Waals surface area contributed by atoms with Crippen molar-refractivity contribution in [2.75, 3.05) is 9.80 Å². The van der Waals surface area contributed by atoms with Gasteiger partial charge in [0.05, 0.1) is 18.1 Å². The number of benzene rings is 4. The standard InChI is InChI=1S/C50H54N2/c1-33-25-37(5)49(38(6)26-33)51(44-21-19-42(20-22-44)41-15-11-9-12-16-41)46-29-35(3)30-47(32-46)52(50-39(7)27-34(2)28-40(50)8)45-23-24-48(36(4)31-45)43-17-13-10-14-18-43/h9-21,23-31,39,44,46,50H,22,32H2,1-8H3. The Labute approximate surface area is 312 Å². The Balaban J connectivity index is 1.31. The van der Waals surface area contributed by atoms with E-state index in [4.69, 9.17) is 0 Å². The maximum absolute atomic E-state index is 2.74. The van der Waals surface area contributed by atoms with Crippen molar-refractivity contribution in [2.45, 2.75) is 86.4 Å². The molecule has 4 aromatic carbocycles. The van der Waals surface area contributed by atoms with Crippen molar-refractivity contribution in [3.63, 3.8) is 0 Å². The highest BCUT2D eigenvalue weighted by molar-refractivity contribution is 5.76. The first-order valence-electron chi connectivity index (χ1n) is 19.1. The fourth-order valence-corrected chi connectivity index (χ4v) is 9.21. The molecule has 0 saturated heterocycles.